The van der Waals surface area contributed by atoms with Crippen molar-refractivity contribution in [1.29, 1.82) is 0 Å². The van der Waals surface area contributed by atoms with E-state index in [4.69, 9.17) is 23.2 Å². The molecule has 0 bridgehead atoms. The first-order chi connectivity index (χ1) is 17.2. The zero-order chi connectivity index (χ0) is 25.7. The molecule has 4 rings (SSSR count). The Morgan fingerprint density at radius 1 is 0.917 bits per heavy atom. The van der Waals surface area contributed by atoms with Crippen molar-refractivity contribution in [2.24, 2.45) is 5.10 Å². The second-order valence-electron chi connectivity index (χ2n) is 7.18. The summed E-state index contributed by atoms with van der Waals surface area (Å²) in [6, 6.07) is 17.7. The molecule has 0 unspecified atom stereocenters. The number of hydrogen-bond acceptors (Lipinski definition) is 6. The van der Waals surface area contributed by atoms with Crippen LogP contribution in [0.2, 0.25) is 10.0 Å². The van der Waals surface area contributed by atoms with Crippen molar-refractivity contribution < 1.29 is 22.3 Å². The van der Waals surface area contributed by atoms with E-state index in [1.165, 1.54) is 42.6 Å². The van der Waals surface area contributed by atoms with Crippen LogP contribution >= 0.6 is 23.2 Å². The molecule has 0 saturated carbocycles. The summed E-state index contributed by atoms with van der Waals surface area (Å²) in [7, 11) is 0. The second-order valence-corrected chi connectivity index (χ2v) is 8.02. The molecule has 0 spiro atoms. The summed E-state index contributed by atoms with van der Waals surface area (Å²) >= 11 is 12.1. The second kappa shape index (κ2) is 10.8. The molecule has 0 amide bonds. The fourth-order valence-corrected chi connectivity index (χ4v) is 3.42. The minimum Gasteiger partial charge on any atom is -0.406 e. The van der Waals surface area contributed by atoms with E-state index >= 15 is 0 Å². The molecule has 6 nitrogen and oxygen atoms in total. The van der Waals surface area contributed by atoms with Gasteiger partial charge in [-0.3, -0.25) is 0 Å². The number of ether oxygens (including phenoxy) is 1. The van der Waals surface area contributed by atoms with E-state index in [0.717, 1.165) is 12.1 Å². The summed E-state index contributed by atoms with van der Waals surface area (Å²) < 4.78 is 55.3. The normalized spacial score (nSPS) is 11.5. The molecule has 0 aliphatic carbocycles. The lowest BCUT2D eigenvalue weighted by molar-refractivity contribution is -0.274. The molecule has 184 valence electrons. The third-order valence-electron chi connectivity index (χ3n) is 4.55. The van der Waals surface area contributed by atoms with Gasteiger partial charge in [0.15, 0.2) is 0 Å². The van der Waals surface area contributed by atoms with Crippen molar-refractivity contribution in [3.05, 3.63) is 94.2 Å². The molecule has 36 heavy (non-hydrogen) atoms. The van der Waals surface area contributed by atoms with Crippen LogP contribution in [-0.2, 0) is 0 Å². The number of nitrogens with one attached hydrogen (secondary N) is 2. The van der Waals surface area contributed by atoms with E-state index in [9.17, 15) is 17.6 Å². The van der Waals surface area contributed by atoms with Crippen molar-refractivity contribution in [3.8, 4) is 17.0 Å². The standard InChI is InChI=1S/C24H15Cl2F4N5O/c25-15-6-8-16(9-7-15)32-21-12-20(22-18(26)2-1-3-19(22)27)33-23(34-21)35-31-13-14-4-10-17(11-5-14)36-24(28,29)30/h1-13H,(H2,32,33,34,35)/b31-13+. The van der Waals surface area contributed by atoms with Gasteiger partial charge < -0.3 is 10.1 Å². The third-order valence-corrected chi connectivity index (χ3v) is 5.12. The Morgan fingerprint density at radius 3 is 2.31 bits per heavy atom. The Hall–Kier alpha value is -3.89. The lowest BCUT2D eigenvalue weighted by Gasteiger charge is -2.11. The van der Waals surface area contributed by atoms with Crippen LogP contribution in [-0.4, -0.2) is 22.5 Å². The first kappa shape index (κ1) is 25.2. The van der Waals surface area contributed by atoms with Crippen LogP contribution in [0.5, 0.6) is 5.75 Å². The zero-order valence-electron chi connectivity index (χ0n) is 18.0. The first-order valence-electron chi connectivity index (χ1n) is 10.2. The molecule has 3 aromatic carbocycles. The molecule has 0 saturated heterocycles. The molecular formula is C24H15Cl2F4N5O. The van der Waals surface area contributed by atoms with Crippen LogP contribution in [0, 0.1) is 5.82 Å². The van der Waals surface area contributed by atoms with Gasteiger partial charge in [0.1, 0.15) is 17.4 Å². The van der Waals surface area contributed by atoms with Gasteiger partial charge in [-0.05, 0) is 66.2 Å². The van der Waals surface area contributed by atoms with Crippen LogP contribution in [0.25, 0.3) is 11.3 Å². The number of rotatable bonds is 7. The highest BCUT2D eigenvalue weighted by atomic mass is 35.5. The van der Waals surface area contributed by atoms with Crippen molar-refractivity contribution in [1.82, 2.24) is 9.97 Å². The quantitative estimate of drug-likeness (QED) is 0.144. The van der Waals surface area contributed by atoms with Gasteiger partial charge in [-0.1, -0.05) is 29.3 Å². The Morgan fingerprint density at radius 2 is 1.64 bits per heavy atom. The lowest BCUT2D eigenvalue weighted by Crippen LogP contribution is -2.17. The average molecular weight is 536 g/mol. The summed E-state index contributed by atoms with van der Waals surface area (Å²) in [6.07, 6.45) is -3.44. The van der Waals surface area contributed by atoms with Gasteiger partial charge in [0.05, 0.1) is 22.5 Å². The highest BCUT2D eigenvalue weighted by Crippen LogP contribution is 2.32. The monoisotopic (exact) mass is 535 g/mol. The Labute approximate surface area is 212 Å². The Bertz CT molecular complexity index is 1360. The maximum Gasteiger partial charge on any atom is 0.573 e. The largest absolute Gasteiger partial charge is 0.573 e. The fourth-order valence-electron chi connectivity index (χ4n) is 3.03. The SMILES string of the molecule is Fc1cccc(Cl)c1-c1cc(Nc2ccc(Cl)cc2)nc(N/N=C/c2ccc(OC(F)(F)F)cc2)n1. The molecular weight excluding hydrogens is 521 g/mol. The van der Waals surface area contributed by atoms with E-state index in [-0.39, 0.29) is 28.0 Å². The minimum atomic E-state index is -4.78. The zero-order valence-corrected chi connectivity index (χ0v) is 19.5. The molecule has 0 radical (unpaired) electrons. The number of alkyl halides is 3. The van der Waals surface area contributed by atoms with E-state index < -0.39 is 12.2 Å². The fraction of sp³-hybridized carbons (Fsp3) is 0.0417. The van der Waals surface area contributed by atoms with Gasteiger partial charge in [-0.2, -0.15) is 10.1 Å². The van der Waals surface area contributed by atoms with Crippen LogP contribution < -0.4 is 15.5 Å². The predicted molar refractivity (Wildman–Crippen MR) is 132 cm³/mol. The molecule has 12 heteroatoms. The van der Waals surface area contributed by atoms with E-state index in [1.54, 1.807) is 24.3 Å². The van der Waals surface area contributed by atoms with E-state index in [0.29, 0.717) is 22.1 Å². The summed E-state index contributed by atoms with van der Waals surface area (Å²) in [5.74, 6) is -0.609. The van der Waals surface area contributed by atoms with Gasteiger partial charge in [0, 0.05) is 16.8 Å². The van der Waals surface area contributed by atoms with Crippen LogP contribution in [0.3, 0.4) is 0 Å². The molecule has 1 heterocycles. The molecule has 4 aromatic rings. The van der Waals surface area contributed by atoms with E-state index in [2.05, 4.69) is 30.5 Å². The number of hydrazone groups is 1. The topological polar surface area (TPSA) is 71.4 Å². The highest BCUT2D eigenvalue weighted by molar-refractivity contribution is 6.33. The van der Waals surface area contributed by atoms with Gasteiger partial charge in [0.25, 0.3) is 0 Å². The minimum absolute atomic E-state index is 0.0107. The first-order valence-corrected chi connectivity index (χ1v) is 10.9. The van der Waals surface area contributed by atoms with Gasteiger partial charge in [-0.25, -0.2) is 14.8 Å². The number of halogens is 6. The van der Waals surface area contributed by atoms with Gasteiger partial charge in [0.2, 0.25) is 5.95 Å². The molecule has 0 atom stereocenters. The smallest absolute Gasteiger partial charge is 0.406 e. The molecule has 0 aliphatic rings. The highest BCUT2D eigenvalue weighted by Gasteiger charge is 2.30. The molecule has 0 aliphatic heterocycles. The van der Waals surface area contributed by atoms with Crippen molar-refractivity contribution >= 4 is 46.9 Å². The van der Waals surface area contributed by atoms with Crippen molar-refractivity contribution in [3.63, 3.8) is 0 Å². The van der Waals surface area contributed by atoms with Crippen molar-refractivity contribution in [2.45, 2.75) is 6.36 Å². The van der Waals surface area contributed by atoms with Crippen molar-refractivity contribution in [2.75, 3.05) is 10.7 Å². The van der Waals surface area contributed by atoms with Gasteiger partial charge in [-0.15, -0.1) is 13.2 Å². The number of hydrogen-bond donors (Lipinski definition) is 2. The number of benzene rings is 3. The maximum absolute atomic E-state index is 14.6. The molecule has 0 fully saturated rings. The van der Waals surface area contributed by atoms with Crippen LogP contribution in [0.4, 0.5) is 35.0 Å². The summed E-state index contributed by atoms with van der Waals surface area (Å²) in [5, 5.41) is 7.81. The number of nitrogens with zero attached hydrogens (tertiary/aromatic N) is 3. The summed E-state index contributed by atoms with van der Waals surface area (Å²) in [6.45, 7) is 0. The Kier molecular flexibility index (Phi) is 7.56. The Balaban J connectivity index is 1.60. The molecule has 1 aromatic heterocycles. The molecule has 2 N–H and O–H groups in total. The lowest BCUT2D eigenvalue weighted by atomic mass is 10.1. The van der Waals surface area contributed by atoms with Crippen LogP contribution in [0.15, 0.2) is 77.9 Å². The average Bonchev–Trinajstić information content (AvgIpc) is 2.81. The number of aromatic nitrogens is 2. The van der Waals surface area contributed by atoms with E-state index in [1.807, 2.05) is 0 Å². The third kappa shape index (κ3) is 6.83. The summed E-state index contributed by atoms with van der Waals surface area (Å²) in [5.41, 5.74) is 4.05. The maximum atomic E-state index is 14.6. The summed E-state index contributed by atoms with van der Waals surface area (Å²) in [4.78, 5) is 8.63. The number of anilines is 3. The van der Waals surface area contributed by atoms with Crippen LogP contribution in [0.1, 0.15) is 5.56 Å². The predicted octanol–water partition coefficient (Wildman–Crippen LogP) is 7.68. The van der Waals surface area contributed by atoms with Gasteiger partial charge >= 0.3 is 6.36 Å².